The Morgan fingerprint density at radius 3 is 2.61 bits per heavy atom. The maximum atomic E-state index is 12.4. The van der Waals surface area contributed by atoms with E-state index in [-0.39, 0.29) is 21.5 Å². The Kier molecular flexibility index (Phi) is 6.94. The average Bonchev–Trinajstić information content (AvgIpc) is 2.40. The summed E-state index contributed by atoms with van der Waals surface area (Å²) >= 11 is 1.79. The van der Waals surface area contributed by atoms with Gasteiger partial charge in [-0.2, -0.15) is 0 Å². The van der Waals surface area contributed by atoms with E-state index in [1.807, 2.05) is 6.08 Å². The first kappa shape index (κ1) is 20.7. The zero-order chi connectivity index (χ0) is 17.9. The van der Waals surface area contributed by atoms with Gasteiger partial charge in [-0.3, -0.25) is 4.79 Å². The van der Waals surface area contributed by atoms with Gasteiger partial charge >= 0.3 is 0 Å². The van der Waals surface area contributed by atoms with Gasteiger partial charge in [0.05, 0.1) is 5.94 Å². The molecule has 0 aromatic heterocycles. The molecule has 0 unspecified atom stereocenters. The zero-order valence-electron chi connectivity index (χ0n) is 16.0. The Morgan fingerprint density at radius 2 is 2.13 bits per heavy atom. The molecule has 0 amide bonds. The number of Topliss-reactive ketones (excluding diaryl/α,β-unsaturated/α-hetero) is 1. The standard InChI is InChI=1S/C19H34O2SSi/c1-9-11-19(16(3)20)12-10-15(2)13-17(19)22-14-21-23(7,8)18(4,5)6/h9,13,17H,1,10-12,14H2,2-8H3/t17-,19-/m1/s1. The number of hydrogen-bond donors (Lipinski definition) is 0. The molecule has 132 valence electrons. The lowest BCUT2D eigenvalue weighted by molar-refractivity contribution is -0.126. The summed E-state index contributed by atoms with van der Waals surface area (Å²) in [5.74, 6) is 0.947. The zero-order valence-corrected chi connectivity index (χ0v) is 17.8. The van der Waals surface area contributed by atoms with Gasteiger partial charge in [0, 0.05) is 10.7 Å². The van der Waals surface area contributed by atoms with E-state index in [9.17, 15) is 4.79 Å². The third kappa shape index (κ3) is 4.83. The monoisotopic (exact) mass is 354 g/mol. The summed E-state index contributed by atoms with van der Waals surface area (Å²) < 4.78 is 6.32. The van der Waals surface area contributed by atoms with Gasteiger partial charge in [0.25, 0.3) is 0 Å². The van der Waals surface area contributed by atoms with Crippen LogP contribution in [0.25, 0.3) is 0 Å². The first-order valence-electron chi connectivity index (χ1n) is 8.51. The molecular weight excluding hydrogens is 320 g/mol. The Labute approximate surface area is 148 Å². The first-order chi connectivity index (χ1) is 10.5. The second kappa shape index (κ2) is 7.71. The summed E-state index contributed by atoms with van der Waals surface area (Å²) in [4.78, 5) is 12.4. The molecule has 1 aliphatic carbocycles. The molecule has 0 fully saturated rings. The Bertz CT molecular complexity index is 476. The van der Waals surface area contributed by atoms with Crippen LogP contribution < -0.4 is 0 Å². The number of carbonyl (C=O) groups excluding carboxylic acids is 1. The van der Waals surface area contributed by atoms with E-state index < -0.39 is 8.32 Å². The van der Waals surface area contributed by atoms with E-state index in [2.05, 4.69) is 53.4 Å². The van der Waals surface area contributed by atoms with Gasteiger partial charge in [0.15, 0.2) is 8.32 Å². The first-order valence-corrected chi connectivity index (χ1v) is 12.5. The highest BCUT2D eigenvalue weighted by Gasteiger charge is 2.44. The van der Waals surface area contributed by atoms with Crippen molar-refractivity contribution in [2.75, 3.05) is 5.94 Å². The van der Waals surface area contributed by atoms with Crippen molar-refractivity contribution < 1.29 is 9.22 Å². The van der Waals surface area contributed by atoms with Crippen LogP contribution in [0.5, 0.6) is 0 Å². The minimum absolute atomic E-state index is 0.191. The molecule has 4 heteroatoms. The molecule has 0 aromatic carbocycles. The molecule has 2 atom stereocenters. The van der Waals surface area contributed by atoms with Gasteiger partial charge in [-0.15, -0.1) is 18.3 Å². The van der Waals surface area contributed by atoms with Crippen LogP contribution >= 0.6 is 11.8 Å². The molecule has 0 N–H and O–H groups in total. The van der Waals surface area contributed by atoms with Crippen LogP contribution in [-0.2, 0) is 9.22 Å². The van der Waals surface area contributed by atoms with E-state index in [0.29, 0.717) is 5.94 Å². The summed E-state index contributed by atoms with van der Waals surface area (Å²) in [7, 11) is -1.75. The van der Waals surface area contributed by atoms with E-state index in [1.165, 1.54) is 5.57 Å². The fourth-order valence-corrected chi connectivity index (χ4v) is 5.80. The highest BCUT2D eigenvalue weighted by atomic mass is 32.2. The Balaban J connectivity index is 2.87. The second-order valence-electron chi connectivity index (χ2n) is 8.33. The molecule has 1 aliphatic rings. The van der Waals surface area contributed by atoms with Crippen molar-refractivity contribution in [3.63, 3.8) is 0 Å². The van der Waals surface area contributed by atoms with Gasteiger partial charge in [0.2, 0.25) is 0 Å². The van der Waals surface area contributed by atoms with Gasteiger partial charge < -0.3 is 4.43 Å². The fraction of sp³-hybridized carbons (Fsp3) is 0.737. The smallest absolute Gasteiger partial charge is 0.193 e. The molecule has 0 saturated heterocycles. The van der Waals surface area contributed by atoms with Crippen LogP contribution in [0, 0.1) is 5.41 Å². The predicted octanol–water partition coefficient (Wildman–Crippen LogP) is 5.96. The van der Waals surface area contributed by atoms with E-state index in [0.717, 1.165) is 19.3 Å². The van der Waals surface area contributed by atoms with E-state index in [1.54, 1.807) is 18.7 Å². The molecule has 0 spiro atoms. The summed E-state index contributed by atoms with van der Waals surface area (Å²) in [5, 5.41) is 0.404. The van der Waals surface area contributed by atoms with Gasteiger partial charge in [-0.25, -0.2) is 0 Å². The highest BCUT2D eigenvalue weighted by Crippen LogP contribution is 2.46. The molecule has 0 radical (unpaired) electrons. The van der Waals surface area contributed by atoms with Crippen molar-refractivity contribution >= 4 is 25.9 Å². The maximum absolute atomic E-state index is 12.4. The third-order valence-electron chi connectivity index (χ3n) is 5.63. The highest BCUT2D eigenvalue weighted by molar-refractivity contribution is 8.00. The van der Waals surface area contributed by atoms with Gasteiger partial charge in [-0.1, -0.05) is 38.5 Å². The number of thioether (sulfide) groups is 1. The lowest BCUT2D eigenvalue weighted by atomic mass is 9.70. The molecular formula is C19H34O2SSi. The molecule has 1 rings (SSSR count). The minimum Gasteiger partial charge on any atom is -0.408 e. The quantitative estimate of drug-likeness (QED) is 0.320. The SMILES string of the molecule is C=CC[C@]1(C(C)=O)CCC(C)=C[C@H]1SCO[Si](C)(C)C(C)(C)C. The molecule has 2 nitrogen and oxygen atoms in total. The van der Waals surface area contributed by atoms with Crippen LogP contribution in [0.15, 0.2) is 24.3 Å². The maximum Gasteiger partial charge on any atom is 0.193 e. The van der Waals surface area contributed by atoms with Crippen molar-refractivity contribution in [2.45, 2.75) is 77.3 Å². The largest absolute Gasteiger partial charge is 0.408 e. The fourth-order valence-electron chi connectivity index (χ4n) is 2.74. The third-order valence-corrected chi connectivity index (χ3v) is 11.5. The van der Waals surface area contributed by atoms with E-state index in [4.69, 9.17) is 4.43 Å². The molecule has 0 aromatic rings. The topological polar surface area (TPSA) is 26.3 Å². The summed E-state index contributed by atoms with van der Waals surface area (Å²) in [6.07, 6.45) is 6.87. The predicted molar refractivity (Wildman–Crippen MR) is 105 cm³/mol. The van der Waals surface area contributed by atoms with Gasteiger partial charge in [0.1, 0.15) is 5.78 Å². The lowest BCUT2D eigenvalue weighted by Gasteiger charge is -2.41. The summed E-state index contributed by atoms with van der Waals surface area (Å²) in [5.41, 5.74) is 1.08. The van der Waals surface area contributed by atoms with E-state index >= 15 is 0 Å². The van der Waals surface area contributed by atoms with Crippen molar-refractivity contribution in [3.8, 4) is 0 Å². The van der Waals surface area contributed by atoms with Crippen molar-refractivity contribution in [1.29, 1.82) is 0 Å². The van der Waals surface area contributed by atoms with Crippen LogP contribution in [0.1, 0.15) is 53.9 Å². The lowest BCUT2D eigenvalue weighted by Crippen LogP contribution is -2.43. The van der Waals surface area contributed by atoms with Crippen LogP contribution in [0.3, 0.4) is 0 Å². The second-order valence-corrected chi connectivity index (χ2v) is 14.2. The Hall–Kier alpha value is -0.323. The van der Waals surface area contributed by atoms with Crippen molar-refractivity contribution in [2.24, 2.45) is 5.41 Å². The minimum atomic E-state index is -1.75. The van der Waals surface area contributed by atoms with Crippen molar-refractivity contribution in [1.82, 2.24) is 0 Å². The molecule has 23 heavy (non-hydrogen) atoms. The molecule has 0 bridgehead atoms. The Morgan fingerprint density at radius 1 is 1.52 bits per heavy atom. The summed E-state index contributed by atoms with van der Waals surface area (Å²) in [6, 6.07) is 0. The molecule has 0 aliphatic heterocycles. The van der Waals surface area contributed by atoms with Crippen LogP contribution in [0.2, 0.25) is 18.1 Å². The normalized spacial score (nSPS) is 25.9. The van der Waals surface area contributed by atoms with Crippen molar-refractivity contribution in [3.05, 3.63) is 24.3 Å². The number of ketones is 1. The van der Waals surface area contributed by atoms with Crippen LogP contribution in [0.4, 0.5) is 0 Å². The number of hydrogen-bond acceptors (Lipinski definition) is 3. The summed E-state index contributed by atoms with van der Waals surface area (Å²) in [6.45, 7) is 19.1. The molecule has 0 saturated carbocycles. The number of allylic oxidation sites excluding steroid dienone is 2. The van der Waals surface area contributed by atoms with Crippen LogP contribution in [-0.4, -0.2) is 25.3 Å². The number of rotatable bonds is 7. The number of carbonyl (C=O) groups is 1. The average molecular weight is 355 g/mol. The van der Waals surface area contributed by atoms with Gasteiger partial charge in [-0.05, 0) is 51.2 Å². The molecule has 0 heterocycles.